The van der Waals surface area contributed by atoms with Crippen LogP contribution in [-0.4, -0.2) is 4.98 Å². The summed E-state index contributed by atoms with van der Waals surface area (Å²) in [4.78, 5) is 3.59. The third-order valence-electron chi connectivity index (χ3n) is 1.41. The van der Waals surface area contributed by atoms with Crippen molar-refractivity contribution in [3.8, 4) is 0 Å². The van der Waals surface area contributed by atoms with E-state index in [1.165, 1.54) is 6.07 Å². The molecule has 12 heavy (non-hydrogen) atoms. The van der Waals surface area contributed by atoms with Gasteiger partial charge in [0.1, 0.15) is 0 Å². The largest absolute Gasteiger partial charge is 0.417 e. The summed E-state index contributed by atoms with van der Waals surface area (Å²) in [6.45, 7) is 1.72. The van der Waals surface area contributed by atoms with E-state index in [1.807, 2.05) is 0 Å². The Kier molecular flexibility index (Phi) is 2.35. The average Bonchev–Trinajstić information content (AvgIpc) is 2.03. The van der Waals surface area contributed by atoms with Gasteiger partial charge in [-0.3, -0.25) is 4.98 Å². The smallest absolute Gasteiger partial charge is 0.260 e. The highest BCUT2D eigenvalue weighted by Gasteiger charge is 2.30. The summed E-state index contributed by atoms with van der Waals surface area (Å²) in [6, 6.07) is 2.35. The lowest BCUT2D eigenvalue weighted by Gasteiger charge is -2.05. The van der Waals surface area contributed by atoms with Crippen LogP contribution in [0.1, 0.15) is 18.2 Å². The quantitative estimate of drug-likeness (QED) is 0.637. The fourth-order valence-corrected chi connectivity index (χ4v) is 0.744. The second-order valence-corrected chi connectivity index (χ2v) is 2.26. The Morgan fingerprint density at radius 1 is 1.33 bits per heavy atom. The average molecular weight is 174 g/mol. The van der Waals surface area contributed by atoms with Gasteiger partial charge in [0.2, 0.25) is 0 Å². The second kappa shape index (κ2) is 3.13. The van der Waals surface area contributed by atoms with Gasteiger partial charge in [0.25, 0.3) is 0 Å². The van der Waals surface area contributed by atoms with Crippen molar-refractivity contribution in [3.63, 3.8) is 0 Å². The molecule has 1 rings (SSSR count). The highest BCUT2D eigenvalue weighted by molar-refractivity contribution is 5.20. The molecular weight excluding hydrogens is 167 g/mol. The minimum atomic E-state index is -4.29. The molecular formula is C8H7F3N. The molecule has 1 radical (unpaired) electrons. The summed E-state index contributed by atoms with van der Waals surface area (Å²) < 4.78 is 35.9. The summed E-state index contributed by atoms with van der Waals surface area (Å²) in [5.41, 5.74) is -0.170. The third kappa shape index (κ3) is 1.96. The zero-order chi connectivity index (χ0) is 9.19. The molecule has 0 aliphatic rings. The van der Waals surface area contributed by atoms with Gasteiger partial charge in [0, 0.05) is 18.3 Å². The Hall–Kier alpha value is -1.06. The molecule has 65 valence electrons. The highest BCUT2D eigenvalue weighted by Crippen LogP contribution is 2.28. The summed E-state index contributed by atoms with van der Waals surface area (Å²) in [5.74, 6) is 0. The predicted molar refractivity (Wildman–Crippen MR) is 38.3 cm³/mol. The first-order valence-electron chi connectivity index (χ1n) is 3.36. The Balaban J connectivity index is 2.93. The van der Waals surface area contributed by atoms with Crippen LogP contribution in [0.15, 0.2) is 18.3 Å². The normalized spacial score (nSPS) is 11.7. The number of hydrogen-bond acceptors (Lipinski definition) is 1. The lowest BCUT2D eigenvalue weighted by atomic mass is 10.2. The minimum absolute atomic E-state index is 0.544. The fourth-order valence-electron chi connectivity index (χ4n) is 0.744. The van der Waals surface area contributed by atoms with Crippen LogP contribution < -0.4 is 0 Å². The van der Waals surface area contributed by atoms with Crippen LogP contribution in [0.4, 0.5) is 13.2 Å². The molecule has 0 aromatic carbocycles. The highest BCUT2D eigenvalue weighted by atomic mass is 19.4. The molecule has 0 fully saturated rings. The van der Waals surface area contributed by atoms with Crippen molar-refractivity contribution in [2.45, 2.75) is 13.1 Å². The van der Waals surface area contributed by atoms with Crippen LogP contribution in [0.2, 0.25) is 0 Å². The number of pyridine rings is 1. The van der Waals surface area contributed by atoms with Crippen molar-refractivity contribution in [3.05, 3.63) is 36.0 Å². The first kappa shape index (κ1) is 9.03. The Bertz CT molecular complexity index is 250. The lowest BCUT2D eigenvalue weighted by molar-refractivity contribution is -0.137. The Morgan fingerprint density at radius 3 is 2.33 bits per heavy atom. The van der Waals surface area contributed by atoms with E-state index < -0.39 is 11.7 Å². The predicted octanol–water partition coefficient (Wildman–Crippen LogP) is 2.67. The van der Waals surface area contributed by atoms with Gasteiger partial charge in [0.05, 0.1) is 5.56 Å². The van der Waals surface area contributed by atoms with E-state index >= 15 is 0 Å². The van der Waals surface area contributed by atoms with Gasteiger partial charge in [-0.15, -0.1) is 0 Å². The number of alkyl halides is 3. The SMILES string of the molecule is C[CH]c1ccc(C(F)(F)F)cn1. The van der Waals surface area contributed by atoms with Crippen molar-refractivity contribution in [1.82, 2.24) is 4.98 Å². The van der Waals surface area contributed by atoms with E-state index in [4.69, 9.17) is 0 Å². The van der Waals surface area contributed by atoms with Crippen LogP contribution >= 0.6 is 0 Å². The second-order valence-electron chi connectivity index (χ2n) is 2.26. The summed E-state index contributed by atoms with van der Waals surface area (Å²) >= 11 is 0. The molecule has 0 saturated carbocycles. The molecule has 0 saturated heterocycles. The first-order chi connectivity index (χ1) is 5.54. The van der Waals surface area contributed by atoms with Crippen LogP contribution in [0, 0.1) is 6.42 Å². The molecule has 0 unspecified atom stereocenters. The van der Waals surface area contributed by atoms with Crippen molar-refractivity contribution in [1.29, 1.82) is 0 Å². The van der Waals surface area contributed by atoms with E-state index in [1.54, 1.807) is 13.3 Å². The van der Waals surface area contributed by atoms with Gasteiger partial charge < -0.3 is 0 Å². The summed E-state index contributed by atoms with van der Waals surface area (Å²) in [5, 5.41) is 0. The van der Waals surface area contributed by atoms with E-state index in [0.717, 1.165) is 12.3 Å². The number of rotatable bonds is 1. The third-order valence-corrected chi connectivity index (χ3v) is 1.41. The molecule has 1 aromatic heterocycles. The van der Waals surface area contributed by atoms with Crippen LogP contribution in [0.3, 0.4) is 0 Å². The van der Waals surface area contributed by atoms with Crippen LogP contribution in [0.25, 0.3) is 0 Å². The van der Waals surface area contributed by atoms with E-state index in [0.29, 0.717) is 5.69 Å². The molecule has 1 nitrogen and oxygen atoms in total. The maximum absolute atomic E-state index is 12.0. The van der Waals surface area contributed by atoms with Crippen molar-refractivity contribution in [2.24, 2.45) is 0 Å². The number of halogens is 3. The zero-order valence-corrected chi connectivity index (χ0v) is 6.39. The standard InChI is InChI=1S/C8H7F3N/c1-2-7-4-3-6(5-12-7)8(9,10)11/h2-5H,1H3. The molecule has 1 aromatic rings. The fraction of sp³-hybridized carbons (Fsp3) is 0.250. The van der Waals surface area contributed by atoms with E-state index in [2.05, 4.69) is 4.98 Å². The molecule has 0 amide bonds. The molecule has 0 aliphatic heterocycles. The minimum Gasteiger partial charge on any atom is -0.260 e. The molecule has 0 aliphatic carbocycles. The van der Waals surface area contributed by atoms with Gasteiger partial charge in [-0.05, 0) is 12.1 Å². The molecule has 0 bridgehead atoms. The molecule has 0 N–H and O–H groups in total. The first-order valence-corrected chi connectivity index (χ1v) is 3.36. The molecule has 1 heterocycles. The summed E-state index contributed by atoms with van der Waals surface area (Å²) in [6.07, 6.45) is -1.82. The van der Waals surface area contributed by atoms with Crippen LogP contribution in [0.5, 0.6) is 0 Å². The summed E-state index contributed by atoms with van der Waals surface area (Å²) in [7, 11) is 0. The maximum Gasteiger partial charge on any atom is 0.417 e. The number of aromatic nitrogens is 1. The monoisotopic (exact) mass is 174 g/mol. The van der Waals surface area contributed by atoms with Gasteiger partial charge >= 0.3 is 6.18 Å². The maximum atomic E-state index is 12.0. The number of nitrogens with zero attached hydrogens (tertiary/aromatic N) is 1. The van der Waals surface area contributed by atoms with Crippen LogP contribution in [-0.2, 0) is 6.18 Å². The van der Waals surface area contributed by atoms with E-state index in [9.17, 15) is 13.2 Å². The van der Waals surface area contributed by atoms with Gasteiger partial charge in [-0.25, -0.2) is 0 Å². The topological polar surface area (TPSA) is 12.9 Å². The zero-order valence-electron chi connectivity index (χ0n) is 6.39. The Labute approximate surface area is 68.2 Å². The van der Waals surface area contributed by atoms with Crippen molar-refractivity contribution >= 4 is 0 Å². The van der Waals surface area contributed by atoms with Gasteiger partial charge in [0.15, 0.2) is 0 Å². The van der Waals surface area contributed by atoms with Crippen molar-refractivity contribution < 1.29 is 13.2 Å². The molecule has 0 atom stereocenters. The van der Waals surface area contributed by atoms with Gasteiger partial charge in [-0.1, -0.05) is 6.92 Å². The lowest BCUT2D eigenvalue weighted by Crippen LogP contribution is -2.05. The van der Waals surface area contributed by atoms with Crippen molar-refractivity contribution in [2.75, 3.05) is 0 Å². The molecule has 4 heteroatoms. The Morgan fingerprint density at radius 2 is 2.00 bits per heavy atom. The van der Waals surface area contributed by atoms with Gasteiger partial charge in [-0.2, -0.15) is 13.2 Å². The molecule has 0 spiro atoms. The van der Waals surface area contributed by atoms with E-state index in [-0.39, 0.29) is 0 Å². The number of hydrogen-bond donors (Lipinski definition) is 0.